The van der Waals surface area contributed by atoms with E-state index in [9.17, 15) is 18.0 Å². The van der Waals surface area contributed by atoms with Crippen LogP contribution in [0.4, 0.5) is 13.2 Å². The van der Waals surface area contributed by atoms with Gasteiger partial charge in [-0.2, -0.15) is 13.2 Å². The van der Waals surface area contributed by atoms with E-state index in [-0.39, 0.29) is 16.9 Å². The first-order chi connectivity index (χ1) is 10.3. The highest BCUT2D eigenvalue weighted by atomic mass is 32.1. The van der Waals surface area contributed by atoms with Gasteiger partial charge in [-0.25, -0.2) is 0 Å². The predicted octanol–water partition coefficient (Wildman–Crippen LogP) is 4.00. The molecule has 0 saturated carbocycles. The SMILES string of the molecule is Cc1cc(C(F)(F)F)c(C(=O)NCc2ccccc2)c(=S)[nH]1. The summed E-state index contributed by atoms with van der Waals surface area (Å²) in [4.78, 5) is 14.7. The zero-order valence-electron chi connectivity index (χ0n) is 11.6. The molecule has 0 aliphatic heterocycles. The topological polar surface area (TPSA) is 44.9 Å². The van der Waals surface area contributed by atoms with Gasteiger partial charge in [0.25, 0.3) is 5.91 Å². The summed E-state index contributed by atoms with van der Waals surface area (Å²) >= 11 is 4.89. The van der Waals surface area contributed by atoms with E-state index in [0.29, 0.717) is 0 Å². The number of benzene rings is 1. The summed E-state index contributed by atoms with van der Waals surface area (Å²) in [6, 6.07) is 9.78. The molecule has 7 heteroatoms. The van der Waals surface area contributed by atoms with E-state index in [2.05, 4.69) is 10.3 Å². The first kappa shape index (κ1) is 16.2. The lowest BCUT2D eigenvalue weighted by molar-refractivity contribution is -0.138. The molecule has 0 atom stereocenters. The van der Waals surface area contributed by atoms with Crippen molar-refractivity contribution in [1.82, 2.24) is 10.3 Å². The van der Waals surface area contributed by atoms with Gasteiger partial charge in [0.15, 0.2) is 0 Å². The number of hydrogen-bond acceptors (Lipinski definition) is 2. The van der Waals surface area contributed by atoms with Gasteiger partial charge < -0.3 is 10.3 Å². The lowest BCUT2D eigenvalue weighted by Crippen LogP contribution is -2.27. The van der Waals surface area contributed by atoms with Crippen molar-refractivity contribution in [3.8, 4) is 0 Å². The molecule has 0 fully saturated rings. The third kappa shape index (κ3) is 3.73. The number of aromatic amines is 1. The van der Waals surface area contributed by atoms with Crippen molar-refractivity contribution >= 4 is 18.1 Å². The highest BCUT2D eigenvalue weighted by molar-refractivity contribution is 7.71. The first-order valence-electron chi connectivity index (χ1n) is 6.42. The molecule has 0 bridgehead atoms. The largest absolute Gasteiger partial charge is 0.417 e. The zero-order chi connectivity index (χ0) is 16.3. The summed E-state index contributed by atoms with van der Waals surface area (Å²) in [5.74, 6) is -0.850. The Morgan fingerprint density at radius 3 is 2.50 bits per heavy atom. The van der Waals surface area contributed by atoms with Gasteiger partial charge >= 0.3 is 6.18 Å². The molecular formula is C15H13F3N2OS. The number of aryl methyl sites for hydroxylation is 1. The molecule has 0 saturated heterocycles. The van der Waals surface area contributed by atoms with Crippen LogP contribution in [-0.4, -0.2) is 10.9 Å². The van der Waals surface area contributed by atoms with Gasteiger partial charge in [0, 0.05) is 12.2 Å². The van der Waals surface area contributed by atoms with Crippen LogP contribution in [-0.2, 0) is 12.7 Å². The number of nitrogens with one attached hydrogen (secondary N) is 2. The minimum atomic E-state index is -4.65. The number of carbonyl (C=O) groups excluding carboxylic acids is 1. The fraction of sp³-hybridized carbons (Fsp3) is 0.200. The summed E-state index contributed by atoms with van der Waals surface area (Å²) < 4.78 is 39.1. The molecule has 1 amide bonds. The van der Waals surface area contributed by atoms with Crippen LogP contribution in [0.15, 0.2) is 36.4 Å². The van der Waals surface area contributed by atoms with Crippen molar-refractivity contribution in [2.75, 3.05) is 0 Å². The maximum atomic E-state index is 13.1. The Kier molecular flexibility index (Phi) is 4.65. The Morgan fingerprint density at radius 1 is 1.27 bits per heavy atom. The number of pyridine rings is 1. The Labute approximate surface area is 130 Å². The van der Waals surface area contributed by atoms with Crippen LogP contribution in [0.5, 0.6) is 0 Å². The van der Waals surface area contributed by atoms with Crippen molar-refractivity contribution in [3.05, 3.63) is 63.4 Å². The van der Waals surface area contributed by atoms with Crippen molar-refractivity contribution in [1.29, 1.82) is 0 Å². The Balaban J connectivity index is 2.31. The second kappa shape index (κ2) is 6.31. The highest BCUT2D eigenvalue weighted by Gasteiger charge is 2.36. The molecular weight excluding hydrogens is 313 g/mol. The Morgan fingerprint density at radius 2 is 1.91 bits per heavy atom. The number of hydrogen-bond donors (Lipinski definition) is 2. The standard InChI is InChI=1S/C15H13F3N2OS/c1-9-7-11(15(16,17)18)12(14(22)20-9)13(21)19-8-10-5-3-2-4-6-10/h2-7H,8H2,1H3,(H,19,21)(H,20,22). The molecule has 0 radical (unpaired) electrons. The summed E-state index contributed by atoms with van der Waals surface area (Å²) in [5.41, 5.74) is -0.549. The molecule has 0 aliphatic carbocycles. The van der Waals surface area contributed by atoms with Gasteiger partial charge in [-0.3, -0.25) is 4.79 Å². The molecule has 3 nitrogen and oxygen atoms in total. The van der Waals surface area contributed by atoms with Gasteiger partial charge in [-0.05, 0) is 18.6 Å². The molecule has 22 heavy (non-hydrogen) atoms. The van der Waals surface area contributed by atoms with E-state index in [1.807, 2.05) is 6.07 Å². The van der Waals surface area contributed by atoms with E-state index in [0.717, 1.165) is 11.6 Å². The van der Waals surface area contributed by atoms with E-state index in [1.165, 1.54) is 6.92 Å². The average Bonchev–Trinajstić information content (AvgIpc) is 2.44. The highest BCUT2D eigenvalue weighted by Crippen LogP contribution is 2.32. The van der Waals surface area contributed by atoms with Gasteiger partial charge in [0.05, 0.1) is 11.1 Å². The van der Waals surface area contributed by atoms with Gasteiger partial charge in [0.1, 0.15) is 4.64 Å². The first-order valence-corrected chi connectivity index (χ1v) is 6.83. The normalized spacial score (nSPS) is 11.3. The molecule has 2 rings (SSSR count). The summed E-state index contributed by atoms with van der Waals surface area (Å²) in [5, 5.41) is 2.46. The fourth-order valence-electron chi connectivity index (χ4n) is 2.00. The number of alkyl halides is 3. The van der Waals surface area contributed by atoms with Gasteiger partial charge in [-0.15, -0.1) is 0 Å². The quantitative estimate of drug-likeness (QED) is 0.837. The molecule has 2 N–H and O–H groups in total. The molecule has 0 aliphatic rings. The van der Waals surface area contributed by atoms with Crippen LogP contribution in [0, 0.1) is 11.6 Å². The van der Waals surface area contributed by atoms with Crippen LogP contribution < -0.4 is 5.32 Å². The lowest BCUT2D eigenvalue weighted by Gasteiger charge is -2.14. The van der Waals surface area contributed by atoms with E-state index in [4.69, 9.17) is 12.2 Å². The van der Waals surface area contributed by atoms with Crippen LogP contribution in [0.25, 0.3) is 0 Å². The maximum Gasteiger partial charge on any atom is 0.417 e. The summed E-state index contributed by atoms with van der Waals surface area (Å²) in [7, 11) is 0. The number of amides is 1. The molecule has 1 aromatic heterocycles. The lowest BCUT2D eigenvalue weighted by atomic mass is 10.1. The second-order valence-corrected chi connectivity index (χ2v) is 5.14. The second-order valence-electron chi connectivity index (χ2n) is 4.74. The van der Waals surface area contributed by atoms with Gasteiger partial charge in [0.2, 0.25) is 0 Å². The number of rotatable bonds is 3. The minimum absolute atomic E-state index is 0.125. The third-order valence-electron chi connectivity index (χ3n) is 3.00. The fourth-order valence-corrected chi connectivity index (χ4v) is 2.37. The van der Waals surface area contributed by atoms with Crippen molar-refractivity contribution in [2.24, 2.45) is 0 Å². The molecule has 2 aromatic rings. The predicted molar refractivity (Wildman–Crippen MR) is 79.0 cm³/mol. The van der Waals surface area contributed by atoms with Crippen LogP contribution >= 0.6 is 12.2 Å². The van der Waals surface area contributed by atoms with E-state index >= 15 is 0 Å². The van der Waals surface area contributed by atoms with Crippen LogP contribution in [0.1, 0.15) is 27.2 Å². The summed E-state index contributed by atoms with van der Waals surface area (Å²) in [6.07, 6.45) is -4.65. The average molecular weight is 326 g/mol. The number of carbonyl (C=O) groups is 1. The summed E-state index contributed by atoms with van der Waals surface area (Å²) in [6.45, 7) is 1.58. The molecule has 1 aromatic carbocycles. The van der Waals surface area contributed by atoms with Crippen molar-refractivity contribution in [2.45, 2.75) is 19.6 Å². The van der Waals surface area contributed by atoms with Crippen LogP contribution in [0.2, 0.25) is 0 Å². The zero-order valence-corrected chi connectivity index (χ0v) is 12.4. The Bertz CT molecular complexity index is 739. The molecule has 1 heterocycles. The van der Waals surface area contributed by atoms with E-state index in [1.54, 1.807) is 24.3 Å². The Hall–Kier alpha value is -2.15. The number of H-pyrrole nitrogens is 1. The maximum absolute atomic E-state index is 13.1. The van der Waals surface area contributed by atoms with Crippen molar-refractivity contribution in [3.63, 3.8) is 0 Å². The van der Waals surface area contributed by atoms with Crippen molar-refractivity contribution < 1.29 is 18.0 Å². The van der Waals surface area contributed by atoms with Crippen LogP contribution in [0.3, 0.4) is 0 Å². The number of halogens is 3. The van der Waals surface area contributed by atoms with E-state index < -0.39 is 23.2 Å². The third-order valence-corrected chi connectivity index (χ3v) is 3.30. The van der Waals surface area contributed by atoms with Gasteiger partial charge in [-0.1, -0.05) is 42.5 Å². The number of aromatic nitrogens is 1. The smallest absolute Gasteiger partial charge is 0.350 e. The molecule has 0 spiro atoms. The monoisotopic (exact) mass is 326 g/mol. The molecule has 116 valence electrons. The molecule has 0 unspecified atom stereocenters. The minimum Gasteiger partial charge on any atom is -0.350 e.